The second-order valence-electron chi connectivity index (χ2n) is 6.21. The summed E-state index contributed by atoms with van der Waals surface area (Å²) in [6, 6.07) is 13.7. The fourth-order valence-corrected chi connectivity index (χ4v) is 3.71. The van der Waals surface area contributed by atoms with Crippen LogP contribution in [0.15, 0.2) is 47.4 Å². The van der Waals surface area contributed by atoms with Gasteiger partial charge in [-0.05, 0) is 56.5 Å². The highest BCUT2D eigenvalue weighted by molar-refractivity contribution is 8.00. The van der Waals surface area contributed by atoms with Crippen molar-refractivity contribution >= 4 is 17.7 Å². The zero-order valence-corrected chi connectivity index (χ0v) is 17.8. The van der Waals surface area contributed by atoms with E-state index < -0.39 is 0 Å². The number of carbonyl (C=O) groups excluding carboxylic acids is 1. The summed E-state index contributed by atoms with van der Waals surface area (Å²) in [7, 11) is 3.21. The Hall–Kier alpha value is -2.34. The second-order valence-corrected chi connectivity index (χ2v) is 7.63. The first-order valence-corrected chi connectivity index (χ1v) is 10.3. The van der Waals surface area contributed by atoms with Gasteiger partial charge in [0.25, 0.3) is 0 Å². The number of hydrogen-bond acceptors (Lipinski definition) is 5. The van der Waals surface area contributed by atoms with Crippen molar-refractivity contribution in [3.63, 3.8) is 0 Å². The monoisotopic (exact) mass is 403 g/mol. The number of carbonyl (C=O) groups is 1. The van der Waals surface area contributed by atoms with Crippen molar-refractivity contribution in [2.75, 3.05) is 27.4 Å². The van der Waals surface area contributed by atoms with Gasteiger partial charge in [-0.15, -0.1) is 11.8 Å². The molecule has 1 amide bonds. The fraction of sp³-hybridized carbons (Fsp3) is 0.409. The molecule has 1 N–H and O–H groups in total. The first-order valence-electron chi connectivity index (χ1n) is 9.46. The highest BCUT2D eigenvalue weighted by Gasteiger charge is 2.15. The molecule has 0 radical (unpaired) electrons. The molecule has 2 aromatic rings. The van der Waals surface area contributed by atoms with Crippen molar-refractivity contribution in [3.8, 4) is 17.2 Å². The Morgan fingerprint density at radius 3 is 2.54 bits per heavy atom. The number of thioether (sulfide) groups is 1. The molecule has 0 saturated heterocycles. The Morgan fingerprint density at radius 1 is 1.07 bits per heavy atom. The lowest BCUT2D eigenvalue weighted by molar-refractivity contribution is -0.120. The molecule has 0 heterocycles. The molecule has 0 spiro atoms. The first kappa shape index (κ1) is 22.0. The molecule has 1 unspecified atom stereocenters. The Morgan fingerprint density at radius 2 is 1.82 bits per heavy atom. The number of aryl methyl sites for hydroxylation is 1. The molecular formula is C22H29NO4S. The Labute approximate surface area is 171 Å². The van der Waals surface area contributed by atoms with Gasteiger partial charge in [0.2, 0.25) is 5.91 Å². The van der Waals surface area contributed by atoms with Crippen LogP contribution < -0.4 is 19.5 Å². The molecule has 28 heavy (non-hydrogen) atoms. The number of para-hydroxylation sites is 1. The van der Waals surface area contributed by atoms with Crippen LogP contribution in [0.2, 0.25) is 0 Å². The standard InChI is InChI=1S/C22H29NO4S/c1-5-27-19-11-7-6-9-17(19)10-8-14-23-22(24)16(2)28-18-12-13-20(25-3)21(15-18)26-4/h6-7,9,11-13,15-16H,5,8,10,14H2,1-4H3,(H,23,24). The third-order valence-corrected chi connectivity index (χ3v) is 5.33. The van der Waals surface area contributed by atoms with Gasteiger partial charge in [0.15, 0.2) is 11.5 Å². The molecule has 2 rings (SSSR count). The van der Waals surface area contributed by atoms with Crippen LogP contribution >= 0.6 is 11.8 Å². The average molecular weight is 404 g/mol. The van der Waals surface area contributed by atoms with Crippen molar-refractivity contribution in [1.29, 1.82) is 0 Å². The topological polar surface area (TPSA) is 56.8 Å². The van der Waals surface area contributed by atoms with E-state index in [1.807, 2.05) is 50.2 Å². The SMILES string of the molecule is CCOc1ccccc1CCCNC(=O)C(C)Sc1ccc(OC)c(OC)c1. The molecule has 0 aromatic heterocycles. The molecule has 2 aromatic carbocycles. The molecule has 152 valence electrons. The quantitative estimate of drug-likeness (QED) is 0.447. The summed E-state index contributed by atoms with van der Waals surface area (Å²) in [6.45, 7) is 5.17. The zero-order chi connectivity index (χ0) is 20.4. The maximum absolute atomic E-state index is 12.4. The van der Waals surface area contributed by atoms with E-state index in [1.165, 1.54) is 17.3 Å². The van der Waals surface area contributed by atoms with Gasteiger partial charge in [-0.25, -0.2) is 0 Å². The predicted octanol–water partition coefficient (Wildman–Crippen LogP) is 4.33. The third kappa shape index (κ3) is 6.37. The zero-order valence-electron chi connectivity index (χ0n) is 17.0. The van der Waals surface area contributed by atoms with Gasteiger partial charge in [-0.2, -0.15) is 0 Å². The van der Waals surface area contributed by atoms with Crippen LogP contribution in [0.5, 0.6) is 17.2 Å². The highest BCUT2D eigenvalue weighted by Crippen LogP contribution is 2.33. The fourth-order valence-electron chi connectivity index (χ4n) is 2.79. The predicted molar refractivity (Wildman–Crippen MR) is 114 cm³/mol. The molecule has 1 atom stereocenters. The van der Waals surface area contributed by atoms with E-state index in [2.05, 4.69) is 11.4 Å². The van der Waals surface area contributed by atoms with Crippen LogP contribution in [0.3, 0.4) is 0 Å². The van der Waals surface area contributed by atoms with Crippen LogP contribution in [-0.2, 0) is 11.2 Å². The lowest BCUT2D eigenvalue weighted by atomic mass is 10.1. The van der Waals surface area contributed by atoms with Crippen molar-refractivity contribution in [2.24, 2.45) is 0 Å². The number of rotatable bonds is 11. The molecule has 0 saturated carbocycles. The summed E-state index contributed by atoms with van der Waals surface area (Å²) >= 11 is 1.50. The number of nitrogens with one attached hydrogen (secondary N) is 1. The maximum atomic E-state index is 12.4. The number of methoxy groups -OCH3 is 2. The second kappa shape index (κ2) is 11.5. The molecule has 0 fully saturated rings. The smallest absolute Gasteiger partial charge is 0.233 e. The minimum absolute atomic E-state index is 0.0258. The van der Waals surface area contributed by atoms with Crippen molar-refractivity contribution in [1.82, 2.24) is 5.32 Å². The van der Waals surface area contributed by atoms with Crippen LogP contribution in [0.25, 0.3) is 0 Å². The summed E-state index contributed by atoms with van der Waals surface area (Å²) in [5.74, 6) is 2.29. The molecule has 0 aliphatic rings. The first-order chi connectivity index (χ1) is 13.6. The van der Waals surface area contributed by atoms with Gasteiger partial charge in [-0.1, -0.05) is 18.2 Å². The largest absolute Gasteiger partial charge is 0.494 e. The van der Waals surface area contributed by atoms with Crippen molar-refractivity contribution in [3.05, 3.63) is 48.0 Å². The lowest BCUT2D eigenvalue weighted by Gasteiger charge is -2.14. The van der Waals surface area contributed by atoms with Gasteiger partial charge >= 0.3 is 0 Å². The molecule has 5 nitrogen and oxygen atoms in total. The summed E-state index contributed by atoms with van der Waals surface area (Å²) in [6.07, 6.45) is 1.73. The Balaban J connectivity index is 1.80. The van der Waals surface area contributed by atoms with E-state index >= 15 is 0 Å². The van der Waals surface area contributed by atoms with E-state index in [0.29, 0.717) is 24.7 Å². The molecule has 0 aliphatic carbocycles. The Kier molecular flexibility index (Phi) is 9.01. The minimum atomic E-state index is -0.200. The molecule has 0 aliphatic heterocycles. The van der Waals surface area contributed by atoms with E-state index in [1.54, 1.807) is 14.2 Å². The van der Waals surface area contributed by atoms with Crippen molar-refractivity contribution in [2.45, 2.75) is 36.8 Å². The van der Waals surface area contributed by atoms with Crippen LogP contribution in [0.1, 0.15) is 25.8 Å². The number of hydrogen-bond donors (Lipinski definition) is 1. The summed E-state index contributed by atoms with van der Waals surface area (Å²) < 4.78 is 16.2. The van der Waals surface area contributed by atoms with Gasteiger partial charge in [-0.3, -0.25) is 4.79 Å². The van der Waals surface area contributed by atoms with E-state index in [4.69, 9.17) is 14.2 Å². The summed E-state index contributed by atoms with van der Waals surface area (Å²) in [5, 5.41) is 2.82. The van der Waals surface area contributed by atoms with Gasteiger partial charge < -0.3 is 19.5 Å². The van der Waals surface area contributed by atoms with E-state index in [9.17, 15) is 4.79 Å². The van der Waals surface area contributed by atoms with Gasteiger partial charge in [0.05, 0.1) is 26.1 Å². The summed E-state index contributed by atoms with van der Waals surface area (Å²) in [5.41, 5.74) is 1.17. The van der Waals surface area contributed by atoms with E-state index in [-0.39, 0.29) is 11.2 Å². The lowest BCUT2D eigenvalue weighted by Crippen LogP contribution is -2.31. The van der Waals surface area contributed by atoms with Crippen LogP contribution in [0, 0.1) is 0 Å². The van der Waals surface area contributed by atoms with Gasteiger partial charge in [0.1, 0.15) is 5.75 Å². The number of benzene rings is 2. The number of ether oxygens (including phenoxy) is 3. The maximum Gasteiger partial charge on any atom is 0.233 e. The van der Waals surface area contributed by atoms with Crippen LogP contribution in [0.4, 0.5) is 0 Å². The molecular weight excluding hydrogens is 374 g/mol. The Bertz CT molecular complexity index is 766. The molecule has 6 heteroatoms. The van der Waals surface area contributed by atoms with Gasteiger partial charge in [0, 0.05) is 11.4 Å². The average Bonchev–Trinajstić information content (AvgIpc) is 2.72. The normalized spacial score (nSPS) is 11.6. The molecule has 0 bridgehead atoms. The highest BCUT2D eigenvalue weighted by atomic mass is 32.2. The van der Waals surface area contributed by atoms with Crippen molar-refractivity contribution < 1.29 is 19.0 Å². The van der Waals surface area contributed by atoms with Crippen LogP contribution in [-0.4, -0.2) is 38.5 Å². The third-order valence-electron chi connectivity index (χ3n) is 4.23. The summed E-state index contributed by atoms with van der Waals surface area (Å²) in [4.78, 5) is 13.4. The minimum Gasteiger partial charge on any atom is -0.494 e. The van der Waals surface area contributed by atoms with E-state index in [0.717, 1.165) is 23.5 Å². The number of amides is 1.